The number of imidazole rings is 1. The molecule has 3 heterocycles. The number of rotatable bonds is 6. The number of ether oxygens (including phenoxy) is 2. The number of nitrogens with zero attached hydrogens (tertiary/aromatic N) is 5. The third-order valence-electron chi connectivity index (χ3n) is 4.75. The second-order valence-electron chi connectivity index (χ2n) is 7.12. The molecule has 8 nitrogen and oxygen atoms in total. The van der Waals surface area contributed by atoms with Crippen LogP contribution in [0, 0.1) is 0 Å². The highest BCUT2D eigenvalue weighted by molar-refractivity contribution is 5.86. The lowest BCUT2D eigenvalue weighted by Crippen LogP contribution is -2.56. The van der Waals surface area contributed by atoms with Crippen LogP contribution in [0.4, 0.5) is 0 Å². The molecule has 1 aliphatic rings. The molecule has 146 valence electrons. The van der Waals surface area contributed by atoms with Gasteiger partial charge in [0, 0.05) is 50.8 Å². The lowest BCUT2D eigenvalue weighted by atomic mass is 10.0. The van der Waals surface area contributed by atoms with E-state index in [0.717, 1.165) is 5.56 Å². The summed E-state index contributed by atoms with van der Waals surface area (Å²) in [5.41, 5.74) is -0.131. The van der Waals surface area contributed by atoms with E-state index in [0.29, 0.717) is 31.1 Å². The first-order chi connectivity index (χ1) is 13.5. The van der Waals surface area contributed by atoms with Crippen molar-refractivity contribution in [2.75, 3.05) is 13.2 Å². The zero-order chi connectivity index (χ0) is 19.6. The predicted molar refractivity (Wildman–Crippen MR) is 102 cm³/mol. The highest BCUT2D eigenvalue weighted by Gasteiger charge is 2.43. The molecule has 1 unspecified atom stereocenters. The summed E-state index contributed by atoms with van der Waals surface area (Å²) < 4.78 is 15.6. The van der Waals surface area contributed by atoms with E-state index in [4.69, 9.17) is 9.47 Å². The number of hydrogen-bond acceptors (Lipinski definition) is 5. The van der Waals surface area contributed by atoms with Crippen molar-refractivity contribution in [2.24, 2.45) is 7.05 Å². The fraction of sp³-hybridized carbons (Fsp3) is 0.350. The highest BCUT2D eigenvalue weighted by atomic mass is 16.6. The first-order valence-electron chi connectivity index (χ1n) is 9.17. The van der Waals surface area contributed by atoms with Crippen LogP contribution in [0.3, 0.4) is 0 Å². The number of aromatic nitrogens is 4. The van der Waals surface area contributed by atoms with Gasteiger partial charge in [-0.3, -0.25) is 9.48 Å². The van der Waals surface area contributed by atoms with Gasteiger partial charge in [-0.05, 0) is 19.1 Å². The second kappa shape index (κ2) is 7.38. The van der Waals surface area contributed by atoms with Crippen molar-refractivity contribution in [3.05, 3.63) is 60.9 Å². The molecule has 0 saturated heterocycles. The molecule has 0 N–H and O–H groups in total. The Morgan fingerprint density at radius 1 is 1.32 bits per heavy atom. The summed E-state index contributed by atoms with van der Waals surface area (Å²) in [6, 6.07) is 7.40. The van der Waals surface area contributed by atoms with E-state index < -0.39 is 5.60 Å². The average molecular weight is 381 g/mol. The zero-order valence-electron chi connectivity index (χ0n) is 16.0. The summed E-state index contributed by atoms with van der Waals surface area (Å²) in [5.74, 6) is 1.12. The van der Waals surface area contributed by atoms with Gasteiger partial charge in [0.15, 0.2) is 11.5 Å². The van der Waals surface area contributed by atoms with Crippen molar-refractivity contribution in [1.29, 1.82) is 0 Å². The Labute approximate surface area is 163 Å². The molecule has 3 aromatic rings. The van der Waals surface area contributed by atoms with Gasteiger partial charge in [-0.2, -0.15) is 5.10 Å². The summed E-state index contributed by atoms with van der Waals surface area (Å²) in [5, 5.41) is 4.21. The van der Waals surface area contributed by atoms with Crippen LogP contribution in [0.25, 0.3) is 0 Å². The van der Waals surface area contributed by atoms with Crippen LogP contribution in [0.1, 0.15) is 12.5 Å². The maximum Gasteiger partial charge on any atom is 0.270 e. The number of benzene rings is 1. The van der Waals surface area contributed by atoms with Gasteiger partial charge in [0.05, 0.1) is 12.5 Å². The third kappa shape index (κ3) is 3.71. The maximum absolute atomic E-state index is 13.5. The van der Waals surface area contributed by atoms with Crippen molar-refractivity contribution < 1.29 is 14.3 Å². The van der Waals surface area contributed by atoms with Crippen molar-refractivity contribution in [2.45, 2.75) is 25.6 Å². The van der Waals surface area contributed by atoms with Crippen LogP contribution >= 0.6 is 0 Å². The Morgan fingerprint density at radius 3 is 2.86 bits per heavy atom. The molecule has 1 atom stereocenters. The van der Waals surface area contributed by atoms with Crippen molar-refractivity contribution in [3.63, 3.8) is 0 Å². The monoisotopic (exact) mass is 381 g/mol. The van der Waals surface area contributed by atoms with E-state index >= 15 is 0 Å². The van der Waals surface area contributed by atoms with Gasteiger partial charge in [0.25, 0.3) is 5.91 Å². The van der Waals surface area contributed by atoms with Gasteiger partial charge in [-0.25, -0.2) is 4.98 Å². The minimum absolute atomic E-state index is 0.119. The molecule has 28 heavy (non-hydrogen) atoms. The fourth-order valence-corrected chi connectivity index (χ4v) is 3.26. The molecule has 0 saturated carbocycles. The summed E-state index contributed by atoms with van der Waals surface area (Å²) in [6.07, 6.45) is 9.03. The Balaban J connectivity index is 1.54. The van der Waals surface area contributed by atoms with Crippen molar-refractivity contribution >= 4 is 5.91 Å². The SMILES string of the molecule is Cn1cc(CN(CCn2ccnc2)C(=O)C2(C)COc3ccccc3O2)cn1. The lowest BCUT2D eigenvalue weighted by molar-refractivity contribution is -0.152. The molecule has 0 spiro atoms. The number of carbonyl (C=O) groups is 1. The number of para-hydroxylation sites is 2. The van der Waals surface area contributed by atoms with E-state index in [-0.39, 0.29) is 12.5 Å². The van der Waals surface area contributed by atoms with E-state index in [1.54, 1.807) is 35.2 Å². The first kappa shape index (κ1) is 18.1. The molecule has 0 radical (unpaired) electrons. The summed E-state index contributed by atoms with van der Waals surface area (Å²) in [6.45, 7) is 3.54. The van der Waals surface area contributed by atoms with Gasteiger partial charge in [0.2, 0.25) is 5.60 Å². The quantitative estimate of drug-likeness (QED) is 0.652. The second-order valence-corrected chi connectivity index (χ2v) is 7.12. The lowest BCUT2D eigenvalue weighted by Gasteiger charge is -2.37. The molecule has 0 aliphatic carbocycles. The molecule has 8 heteroatoms. The minimum Gasteiger partial charge on any atom is -0.485 e. The molecular weight excluding hydrogens is 358 g/mol. The first-order valence-corrected chi connectivity index (χ1v) is 9.17. The van der Waals surface area contributed by atoms with Crippen LogP contribution in [0.5, 0.6) is 11.5 Å². The third-order valence-corrected chi connectivity index (χ3v) is 4.75. The summed E-state index contributed by atoms with van der Waals surface area (Å²) in [7, 11) is 1.86. The maximum atomic E-state index is 13.5. The minimum atomic E-state index is -1.09. The van der Waals surface area contributed by atoms with Crippen molar-refractivity contribution in [3.8, 4) is 11.5 Å². The number of amides is 1. The number of aryl methyl sites for hydroxylation is 1. The zero-order valence-corrected chi connectivity index (χ0v) is 16.0. The van der Waals surface area contributed by atoms with Gasteiger partial charge in [0.1, 0.15) is 6.61 Å². The Kier molecular flexibility index (Phi) is 4.77. The summed E-state index contributed by atoms with van der Waals surface area (Å²) >= 11 is 0. The number of hydrogen-bond donors (Lipinski definition) is 0. The van der Waals surface area contributed by atoms with Crippen molar-refractivity contribution in [1.82, 2.24) is 24.2 Å². The van der Waals surface area contributed by atoms with Gasteiger partial charge in [-0.1, -0.05) is 12.1 Å². The van der Waals surface area contributed by atoms with Crippen LogP contribution in [0.15, 0.2) is 55.4 Å². The molecular formula is C20H23N5O3. The Hall–Kier alpha value is -3.29. The van der Waals surface area contributed by atoms with Crippen LogP contribution in [-0.4, -0.2) is 48.9 Å². The van der Waals surface area contributed by atoms with Gasteiger partial charge >= 0.3 is 0 Å². The molecule has 1 amide bonds. The van der Waals surface area contributed by atoms with Crippen LogP contribution in [-0.2, 0) is 24.9 Å². The molecule has 1 aliphatic heterocycles. The molecule has 2 aromatic heterocycles. The van der Waals surface area contributed by atoms with Crippen LogP contribution < -0.4 is 9.47 Å². The van der Waals surface area contributed by atoms with E-state index in [2.05, 4.69) is 10.1 Å². The topological polar surface area (TPSA) is 74.4 Å². The predicted octanol–water partition coefficient (Wildman–Crippen LogP) is 1.88. The highest BCUT2D eigenvalue weighted by Crippen LogP contribution is 2.35. The van der Waals surface area contributed by atoms with Gasteiger partial charge in [-0.15, -0.1) is 0 Å². The molecule has 1 aromatic carbocycles. The van der Waals surface area contributed by atoms with E-state index in [1.807, 2.05) is 48.3 Å². The number of fused-ring (bicyclic) bond motifs is 1. The number of carbonyl (C=O) groups excluding carboxylic acids is 1. The normalized spacial score (nSPS) is 18.1. The summed E-state index contributed by atoms with van der Waals surface area (Å²) in [4.78, 5) is 19.3. The fourth-order valence-electron chi connectivity index (χ4n) is 3.26. The Morgan fingerprint density at radius 2 is 2.14 bits per heavy atom. The van der Waals surface area contributed by atoms with E-state index in [1.165, 1.54) is 0 Å². The standard InChI is InChI=1S/C20H23N5O3/c1-20(14-27-17-5-3-4-6-18(17)28-20)19(26)25(10-9-24-8-7-21-15-24)13-16-11-22-23(2)12-16/h3-8,11-12,15H,9-10,13-14H2,1-2H3. The molecule has 0 bridgehead atoms. The smallest absolute Gasteiger partial charge is 0.270 e. The Bertz CT molecular complexity index is 952. The van der Waals surface area contributed by atoms with Crippen LogP contribution in [0.2, 0.25) is 0 Å². The largest absolute Gasteiger partial charge is 0.485 e. The molecule has 4 rings (SSSR count). The van der Waals surface area contributed by atoms with E-state index in [9.17, 15) is 4.79 Å². The van der Waals surface area contributed by atoms with Gasteiger partial charge < -0.3 is 18.9 Å². The molecule has 0 fully saturated rings. The average Bonchev–Trinajstić information content (AvgIpc) is 3.36.